The number of carbonyl (C=O) groups is 2. The fourth-order valence-corrected chi connectivity index (χ4v) is 2.00. The van der Waals surface area contributed by atoms with Crippen molar-refractivity contribution in [1.82, 2.24) is 0 Å². The van der Waals surface area contributed by atoms with E-state index < -0.39 is 11.5 Å². The Morgan fingerprint density at radius 3 is 2.33 bits per heavy atom. The molecule has 0 spiro atoms. The molecule has 7 nitrogen and oxygen atoms in total. The molecule has 1 aliphatic heterocycles. The molecule has 0 aromatic heterocycles. The molecular weight excluding hydrogens is 274 g/mol. The Morgan fingerprint density at radius 2 is 1.86 bits per heavy atom. The molecule has 21 heavy (non-hydrogen) atoms. The molecule has 1 aromatic carbocycles. The van der Waals surface area contributed by atoms with Crippen molar-refractivity contribution in [3.63, 3.8) is 0 Å². The Kier molecular flexibility index (Phi) is 4.44. The SMILES string of the molecule is COC(=O)Nc1ccc(NC(=O)C2(C)COCC2N)cc1. The summed E-state index contributed by atoms with van der Waals surface area (Å²) in [5.74, 6) is -0.179. The van der Waals surface area contributed by atoms with Crippen molar-refractivity contribution in [1.29, 1.82) is 0 Å². The molecule has 1 saturated heterocycles. The minimum atomic E-state index is -0.733. The van der Waals surface area contributed by atoms with Crippen LogP contribution < -0.4 is 16.4 Å². The third-order valence-electron chi connectivity index (χ3n) is 3.61. The molecule has 1 aromatic rings. The number of hydrogen-bond donors (Lipinski definition) is 3. The molecule has 114 valence electrons. The molecule has 0 radical (unpaired) electrons. The average molecular weight is 293 g/mol. The Bertz CT molecular complexity index is 532. The van der Waals surface area contributed by atoms with E-state index in [1.807, 2.05) is 0 Å². The molecule has 0 aliphatic carbocycles. The highest BCUT2D eigenvalue weighted by Gasteiger charge is 2.44. The minimum absolute atomic E-state index is 0.179. The summed E-state index contributed by atoms with van der Waals surface area (Å²) in [6, 6.07) is 6.39. The normalized spacial score (nSPS) is 24.4. The van der Waals surface area contributed by atoms with Gasteiger partial charge in [-0.05, 0) is 31.2 Å². The summed E-state index contributed by atoms with van der Waals surface area (Å²) in [7, 11) is 1.29. The summed E-state index contributed by atoms with van der Waals surface area (Å²) < 4.78 is 9.75. The van der Waals surface area contributed by atoms with E-state index in [0.717, 1.165) is 0 Å². The highest BCUT2D eigenvalue weighted by Crippen LogP contribution is 2.28. The molecule has 7 heteroatoms. The largest absolute Gasteiger partial charge is 0.453 e. The molecule has 1 fully saturated rings. The minimum Gasteiger partial charge on any atom is -0.453 e. The van der Waals surface area contributed by atoms with Gasteiger partial charge in [0.15, 0.2) is 0 Å². The van der Waals surface area contributed by atoms with Crippen LogP contribution in [0.15, 0.2) is 24.3 Å². The maximum atomic E-state index is 12.3. The number of carbonyl (C=O) groups excluding carboxylic acids is 2. The van der Waals surface area contributed by atoms with Gasteiger partial charge in [-0.2, -0.15) is 0 Å². The Hall–Kier alpha value is -2.12. The van der Waals surface area contributed by atoms with Crippen LogP contribution in [0.3, 0.4) is 0 Å². The van der Waals surface area contributed by atoms with Gasteiger partial charge in [-0.1, -0.05) is 0 Å². The second kappa shape index (κ2) is 6.11. The van der Waals surface area contributed by atoms with E-state index in [9.17, 15) is 9.59 Å². The molecule has 1 aliphatic rings. The molecule has 2 amide bonds. The van der Waals surface area contributed by atoms with Crippen molar-refractivity contribution in [3.8, 4) is 0 Å². The maximum Gasteiger partial charge on any atom is 0.411 e. The van der Waals surface area contributed by atoms with Gasteiger partial charge in [0.2, 0.25) is 5.91 Å². The lowest BCUT2D eigenvalue weighted by atomic mass is 9.85. The van der Waals surface area contributed by atoms with E-state index in [-0.39, 0.29) is 11.9 Å². The fourth-order valence-electron chi connectivity index (χ4n) is 2.00. The summed E-state index contributed by atoms with van der Waals surface area (Å²) in [4.78, 5) is 23.4. The van der Waals surface area contributed by atoms with E-state index >= 15 is 0 Å². The van der Waals surface area contributed by atoms with E-state index in [0.29, 0.717) is 24.6 Å². The molecular formula is C14H19N3O4. The number of ether oxygens (including phenoxy) is 2. The Morgan fingerprint density at radius 1 is 1.29 bits per heavy atom. The van der Waals surface area contributed by atoms with Crippen LogP contribution in [-0.4, -0.2) is 38.4 Å². The van der Waals surface area contributed by atoms with Gasteiger partial charge in [-0.15, -0.1) is 0 Å². The zero-order valence-electron chi connectivity index (χ0n) is 12.0. The van der Waals surface area contributed by atoms with Crippen molar-refractivity contribution in [3.05, 3.63) is 24.3 Å². The van der Waals surface area contributed by atoms with Crippen LogP contribution >= 0.6 is 0 Å². The van der Waals surface area contributed by atoms with Gasteiger partial charge >= 0.3 is 6.09 Å². The summed E-state index contributed by atoms with van der Waals surface area (Å²) in [6.45, 7) is 2.47. The van der Waals surface area contributed by atoms with Crippen LogP contribution in [0.1, 0.15) is 6.92 Å². The quantitative estimate of drug-likeness (QED) is 0.776. The van der Waals surface area contributed by atoms with E-state index in [1.54, 1.807) is 31.2 Å². The third-order valence-corrected chi connectivity index (χ3v) is 3.61. The summed E-state index contributed by atoms with van der Waals surface area (Å²) in [6.07, 6.45) is -0.548. The number of nitrogens with one attached hydrogen (secondary N) is 2. The predicted octanol–water partition coefficient (Wildman–Crippen LogP) is 1.17. The second-order valence-electron chi connectivity index (χ2n) is 5.19. The lowest BCUT2D eigenvalue weighted by Crippen LogP contribution is -2.47. The number of benzene rings is 1. The smallest absolute Gasteiger partial charge is 0.411 e. The number of nitrogens with two attached hydrogens (primary N) is 1. The predicted molar refractivity (Wildman–Crippen MR) is 78.0 cm³/mol. The summed E-state index contributed by atoms with van der Waals surface area (Å²) in [5, 5.41) is 5.33. The zero-order valence-corrected chi connectivity index (χ0v) is 12.0. The van der Waals surface area contributed by atoms with Crippen LogP contribution in [0.4, 0.5) is 16.2 Å². The topological polar surface area (TPSA) is 103 Å². The van der Waals surface area contributed by atoms with Crippen LogP contribution in [0.25, 0.3) is 0 Å². The van der Waals surface area contributed by atoms with Crippen LogP contribution in [0.5, 0.6) is 0 Å². The Balaban J connectivity index is 2.00. The first-order chi connectivity index (χ1) is 9.95. The zero-order chi connectivity index (χ0) is 15.5. The third kappa shape index (κ3) is 3.32. The summed E-state index contributed by atoms with van der Waals surface area (Å²) >= 11 is 0. The van der Waals surface area contributed by atoms with E-state index in [1.165, 1.54) is 7.11 Å². The lowest BCUT2D eigenvalue weighted by Gasteiger charge is -2.25. The first kappa shape index (κ1) is 15.3. The van der Waals surface area contributed by atoms with Crippen LogP contribution in [-0.2, 0) is 14.3 Å². The van der Waals surface area contributed by atoms with Gasteiger partial charge in [0.25, 0.3) is 0 Å². The molecule has 0 saturated carbocycles. The first-order valence-electron chi connectivity index (χ1n) is 6.55. The van der Waals surface area contributed by atoms with Gasteiger partial charge in [0, 0.05) is 17.4 Å². The number of anilines is 2. The number of rotatable bonds is 3. The van der Waals surface area contributed by atoms with Crippen LogP contribution in [0, 0.1) is 5.41 Å². The molecule has 2 unspecified atom stereocenters. The highest BCUT2D eigenvalue weighted by atomic mass is 16.5. The number of methoxy groups -OCH3 is 1. The number of hydrogen-bond acceptors (Lipinski definition) is 5. The lowest BCUT2D eigenvalue weighted by molar-refractivity contribution is -0.125. The standard InChI is InChI=1S/C14H19N3O4/c1-14(8-21-7-11(14)15)12(18)16-9-3-5-10(6-4-9)17-13(19)20-2/h3-6,11H,7-8,15H2,1-2H3,(H,16,18)(H,17,19). The molecule has 4 N–H and O–H groups in total. The second-order valence-corrected chi connectivity index (χ2v) is 5.19. The monoisotopic (exact) mass is 293 g/mol. The van der Waals surface area contributed by atoms with Gasteiger partial charge in [0.1, 0.15) is 0 Å². The first-order valence-corrected chi connectivity index (χ1v) is 6.55. The number of amides is 2. The molecule has 0 bridgehead atoms. The average Bonchev–Trinajstić information content (AvgIpc) is 2.82. The fraction of sp³-hybridized carbons (Fsp3) is 0.429. The molecule has 2 atom stereocenters. The van der Waals surface area contributed by atoms with Crippen molar-refractivity contribution in [2.24, 2.45) is 11.1 Å². The van der Waals surface area contributed by atoms with Crippen molar-refractivity contribution in [2.45, 2.75) is 13.0 Å². The van der Waals surface area contributed by atoms with Crippen LogP contribution in [0.2, 0.25) is 0 Å². The highest BCUT2D eigenvalue weighted by molar-refractivity contribution is 5.96. The van der Waals surface area contributed by atoms with Crippen molar-refractivity contribution in [2.75, 3.05) is 31.0 Å². The van der Waals surface area contributed by atoms with Gasteiger partial charge in [-0.25, -0.2) is 4.79 Å². The molecule has 1 heterocycles. The van der Waals surface area contributed by atoms with Gasteiger partial charge < -0.3 is 20.5 Å². The molecule has 2 rings (SSSR count). The summed E-state index contributed by atoms with van der Waals surface area (Å²) in [5.41, 5.74) is 6.38. The van der Waals surface area contributed by atoms with Crippen molar-refractivity contribution >= 4 is 23.4 Å². The van der Waals surface area contributed by atoms with Gasteiger partial charge in [0.05, 0.1) is 25.7 Å². The van der Waals surface area contributed by atoms with Crippen molar-refractivity contribution < 1.29 is 19.1 Å². The Labute approximate surface area is 122 Å². The maximum absolute atomic E-state index is 12.3. The van der Waals surface area contributed by atoms with E-state index in [4.69, 9.17) is 10.5 Å². The van der Waals surface area contributed by atoms with Gasteiger partial charge in [-0.3, -0.25) is 10.1 Å². The van der Waals surface area contributed by atoms with E-state index in [2.05, 4.69) is 15.4 Å².